The summed E-state index contributed by atoms with van der Waals surface area (Å²) in [4.78, 5) is 9.45. The van der Waals surface area contributed by atoms with Crippen LogP contribution in [0.3, 0.4) is 0 Å². The Bertz CT molecular complexity index is 433. The highest BCUT2D eigenvalue weighted by atomic mass is 79.9. The Balaban J connectivity index is 3.57. The van der Waals surface area contributed by atoms with E-state index < -0.39 is 28.1 Å². The molecule has 0 amide bonds. The maximum absolute atomic E-state index is 12.5. The summed E-state index contributed by atoms with van der Waals surface area (Å²) < 4.78 is 42.2. The van der Waals surface area contributed by atoms with Crippen LogP contribution in [-0.4, -0.2) is 12.0 Å². The van der Waals surface area contributed by atoms with Crippen LogP contribution in [0.4, 0.5) is 18.9 Å². The van der Waals surface area contributed by atoms with Gasteiger partial charge in [-0.3, -0.25) is 10.1 Å². The minimum Gasteiger partial charge on any atom is -0.490 e. The van der Waals surface area contributed by atoms with Gasteiger partial charge in [0.15, 0.2) is 5.75 Å². The van der Waals surface area contributed by atoms with Crippen molar-refractivity contribution in [1.82, 2.24) is 0 Å². The molecule has 1 aromatic rings. The smallest absolute Gasteiger partial charge is 0.423 e. The summed E-state index contributed by atoms with van der Waals surface area (Å²) in [6, 6.07) is 1.74. The summed E-state index contributed by atoms with van der Waals surface area (Å²) in [6.45, 7) is 0. The number of halogens is 4. The van der Waals surface area contributed by atoms with Gasteiger partial charge in [0.05, 0.1) is 12.0 Å². The number of hydrogen-bond acceptors (Lipinski definition) is 3. The second-order valence-corrected chi connectivity index (χ2v) is 3.67. The van der Waals surface area contributed by atoms with Crippen LogP contribution in [0, 0.1) is 10.1 Å². The molecule has 88 valence electrons. The van der Waals surface area contributed by atoms with Gasteiger partial charge >= 0.3 is 11.9 Å². The van der Waals surface area contributed by atoms with Crippen LogP contribution >= 0.6 is 15.9 Å². The standard InChI is InChI=1S/C8H5BrF3NO3/c1-16-6-3-4(9)2-5(8(10,11)12)7(6)13(14)15/h2-3H,1H3. The molecule has 0 N–H and O–H groups in total. The molecule has 16 heavy (non-hydrogen) atoms. The van der Waals surface area contributed by atoms with Crippen LogP contribution in [0.15, 0.2) is 16.6 Å². The van der Waals surface area contributed by atoms with Crippen LogP contribution in [0.1, 0.15) is 5.56 Å². The van der Waals surface area contributed by atoms with Crippen LogP contribution in [-0.2, 0) is 6.18 Å². The van der Waals surface area contributed by atoms with Crippen molar-refractivity contribution < 1.29 is 22.8 Å². The van der Waals surface area contributed by atoms with Gasteiger partial charge in [0.25, 0.3) is 0 Å². The molecule has 0 heterocycles. The Hall–Kier alpha value is -1.31. The fraction of sp³-hybridized carbons (Fsp3) is 0.250. The molecule has 0 spiro atoms. The number of alkyl halides is 3. The van der Waals surface area contributed by atoms with Gasteiger partial charge < -0.3 is 4.74 Å². The molecule has 1 aromatic carbocycles. The first kappa shape index (κ1) is 12.8. The highest BCUT2D eigenvalue weighted by Crippen LogP contribution is 2.43. The zero-order chi connectivity index (χ0) is 12.5. The second kappa shape index (κ2) is 4.28. The van der Waals surface area contributed by atoms with Gasteiger partial charge in [-0.2, -0.15) is 13.2 Å². The molecule has 0 saturated carbocycles. The number of nitro groups is 1. The number of methoxy groups -OCH3 is 1. The van der Waals surface area contributed by atoms with Gasteiger partial charge in [-0.1, -0.05) is 15.9 Å². The number of nitrogens with zero attached hydrogens (tertiary/aromatic N) is 1. The van der Waals surface area contributed by atoms with Crippen molar-refractivity contribution in [1.29, 1.82) is 0 Å². The lowest BCUT2D eigenvalue weighted by molar-refractivity contribution is -0.389. The van der Waals surface area contributed by atoms with Gasteiger partial charge in [-0.25, -0.2) is 0 Å². The fourth-order valence-corrected chi connectivity index (χ4v) is 1.57. The van der Waals surface area contributed by atoms with E-state index in [9.17, 15) is 23.3 Å². The van der Waals surface area contributed by atoms with Crippen molar-refractivity contribution in [3.05, 3.63) is 32.3 Å². The van der Waals surface area contributed by atoms with E-state index >= 15 is 0 Å². The van der Waals surface area contributed by atoms with Gasteiger partial charge in [0.2, 0.25) is 0 Å². The molecule has 0 aromatic heterocycles. The lowest BCUT2D eigenvalue weighted by Gasteiger charge is -2.10. The Kier molecular flexibility index (Phi) is 3.41. The maximum Gasteiger partial charge on any atom is 0.423 e. The van der Waals surface area contributed by atoms with Crippen molar-refractivity contribution in [3.63, 3.8) is 0 Å². The molecule has 0 bridgehead atoms. The Morgan fingerprint density at radius 2 is 2.00 bits per heavy atom. The molecule has 0 atom stereocenters. The number of benzene rings is 1. The zero-order valence-electron chi connectivity index (χ0n) is 7.84. The van der Waals surface area contributed by atoms with E-state index in [0.717, 1.165) is 13.2 Å². The Morgan fingerprint density at radius 3 is 2.38 bits per heavy atom. The number of ether oxygens (including phenoxy) is 1. The van der Waals surface area contributed by atoms with Crippen LogP contribution < -0.4 is 4.74 Å². The summed E-state index contributed by atoms with van der Waals surface area (Å²) >= 11 is 2.83. The molecule has 0 fully saturated rings. The number of hydrogen-bond donors (Lipinski definition) is 0. The third-order valence-corrected chi connectivity index (χ3v) is 2.21. The first-order valence-electron chi connectivity index (χ1n) is 3.86. The predicted octanol–water partition coefficient (Wildman–Crippen LogP) is 3.38. The van der Waals surface area contributed by atoms with Gasteiger partial charge in [-0.05, 0) is 6.07 Å². The third kappa shape index (κ3) is 2.43. The first-order valence-corrected chi connectivity index (χ1v) is 4.65. The topological polar surface area (TPSA) is 52.4 Å². The molecule has 0 saturated heterocycles. The van der Waals surface area contributed by atoms with E-state index in [1.54, 1.807) is 0 Å². The predicted molar refractivity (Wildman–Crippen MR) is 52.4 cm³/mol. The lowest BCUT2D eigenvalue weighted by Crippen LogP contribution is -2.10. The highest BCUT2D eigenvalue weighted by Gasteiger charge is 2.40. The second-order valence-electron chi connectivity index (χ2n) is 2.76. The average Bonchev–Trinajstić information content (AvgIpc) is 2.14. The van der Waals surface area contributed by atoms with Crippen molar-refractivity contribution in [2.75, 3.05) is 7.11 Å². The van der Waals surface area contributed by atoms with Crippen molar-refractivity contribution >= 4 is 21.6 Å². The monoisotopic (exact) mass is 299 g/mol. The molecule has 0 aliphatic rings. The van der Waals surface area contributed by atoms with Crippen molar-refractivity contribution in [2.24, 2.45) is 0 Å². The van der Waals surface area contributed by atoms with E-state index in [1.807, 2.05) is 0 Å². The molecule has 1 rings (SSSR count). The summed E-state index contributed by atoms with van der Waals surface area (Å²) in [5.41, 5.74) is -2.43. The zero-order valence-corrected chi connectivity index (χ0v) is 9.42. The van der Waals surface area contributed by atoms with Crippen molar-refractivity contribution in [3.8, 4) is 5.75 Å². The van der Waals surface area contributed by atoms with E-state index in [4.69, 9.17) is 0 Å². The van der Waals surface area contributed by atoms with Crippen LogP contribution in [0.25, 0.3) is 0 Å². The molecule has 0 aliphatic carbocycles. The number of nitro benzene ring substituents is 1. The third-order valence-electron chi connectivity index (χ3n) is 1.75. The molecular weight excluding hydrogens is 295 g/mol. The summed E-state index contributed by atoms with van der Waals surface area (Å²) in [7, 11) is 1.06. The molecular formula is C8H5BrF3NO3. The van der Waals surface area contributed by atoms with E-state index in [2.05, 4.69) is 20.7 Å². The fourth-order valence-electron chi connectivity index (χ4n) is 1.13. The lowest BCUT2D eigenvalue weighted by atomic mass is 10.1. The molecule has 4 nitrogen and oxygen atoms in total. The number of rotatable bonds is 2. The normalized spacial score (nSPS) is 11.3. The minimum absolute atomic E-state index is 0.0577. The van der Waals surface area contributed by atoms with Gasteiger partial charge in [0, 0.05) is 10.5 Å². The van der Waals surface area contributed by atoms with Crippen LogP contribution in [0.5, 0.6) is 5.75 Å². The Morgan fingerprint density at radius 1 is 1.44 bits per heavy atom. The average molecular weight is 300 g/mol. The van der Waals surface area contributed by atoms with E-state index in [-0.39, 0.29) is 4.47 Å². The maximum atomic E-state index is 12.5. The largest absolute Gasteiger partial charge is 0.490 e. The van der Waals surface area contributed by atoms with Gasteiger partial charge in [-0.15, -0.1) is 0 Å². The molecule has 0 radical (unpaired) electrons. The highest BCUT2D eigenvalue weighted by molar-refractivity contribution is 9.10. The summed E-state index contributed by atoms with van der Waals surface area (Å²) in [6.07, 6.45) is -4.81. The van der Waals surface area contributed by atoms with E-state index in [0.29, 0.717) is 6.07 Å². The minimum atomic E-state index is -4.81. The summed E-state index contributed by atoms with van der Waals surface area (Å²) in [5.74, 6) is -0.438. The van der Waals surface area contributed by atoms with Gasteiger partial charge in [0.1, 0.15) is 5.56 Å². The Labute approximate surface area is 96.3 Å². The SMILES string of the molecule is COc1cc(Br)cc(C(F)(F)F)c1[N+](=O)[O-]. The van der Waals surface area contributed by atoms with E-state index in [1.165, 1.54) is 0 Å². The quantitative estimate of drug-likeness (QED) is 0.621. The molecule has 0 unspecified atom stereocenters. The molecule has 0 aliphatic heterocycles. The van der Waals surface area contributed by atoms with Crippen molar-refractivity contribution in [2.45, 2.75) is 6.18 Å². The summed E-state index contributed by atoms with van der Waals surface area (Å²) in [5, 5.41) is 10.6. The van der Waals surface area contributed by atoms with Crippen LogP contribution in [0.2, 0.25) is 0 Å². The molecule has 8 heteroatoms. The first-order chi connectivity index (χ1) is 7.27.